The van der Waals surface area contributed by atoms with Crippen molar-refractivity contribution in [1.29, 1.82) is 0 Å². The van der Waals surface area contributed by atoms with E-state index in [1.54, 1.807) is 18.2 Å². The van der Waals surface area contributed by atoms with Crippen LogP contribution >= 0.6 is 27.5 Å². The van der Waals surface area contributed by atoms with Crippen LogP contribution in [0.2, 0.25) is 5.02 Å². The van der Waals surface area contributed by atoms with Gasteiger partial charge in [0, 0.05) is 35.0 Å². The summed E-state index contributed by atoms with van der Waals surface area (Å²) in [4.78, 5) is 14.4. The number of amides is 1. The molecule has 2 rings (SSSR count). The number of rotatable bonds is 3. The molecule has 2 aromatic carbocycles. The molecule has 110 valence electrons. The van der Waals surface area contributed by atoms with E-state index in [0.717, 1.165) is 16.9 Å². The molecule has 0 unspecified atom stereocenters. The Kier molecular flexibility index (Phi) is 4.91. The topological polar surface area (TPSA) is 32.3 Å². The van der Waals surface area contributed by atoms with Gasteiger partial charge in [0.2, 0.25) is 0 Å². The van der Waals surface area contributed by atoms with E-state index < -0.39 is 0 Å². The van der Waals surface area contributed by atoms with Gasteiger partial charge in [-0.05, 0) is 64.8 Å². The SMILES string of the molecule is Cc1cc(N(C)C)ccc1NC(=O)c1cc(Cl)ccc1Br. The highest BCUT2D eigenvalue weighted by Crippen LogP contribution is 2.25. The average Bonchev–Trinajstić information content (AvgIpc) is 2.43. The molecule has 0 saturated heterocycles. The standard InChI is InChI=1S/C16H16BrClN2O/c1-10-8-12(20(2)3)5-7-15(10)19-16(21)13-9-11(18)4-6-14(13)17/h4-9H,1-3H3,(H,19,21). The molecule has 0 atom stereocenters. The number of aryl methyl sites for hydroxylation is 1. The summed E-state index contributed by atoms with van der Waals surface area (Å²) in [5, 5.41) is 3.45. The van der Waals surface area contributed by atoms with Gasteiger partial charge >= 0.3 is 0 Å². The number of carbonyl (C=O) groups is 1. The van der Waals surface area contributed by atoms with Gasteiger partial charge in [-0.1, -0.05) is 11.6 Å². The number of hydrogen-bond donors (Lipinski definition) is 1. The van der Waals surface area contributed by atoms with Crippen LogP contribution in [0.15, 0.2) is 40.9 Å². The summed E-state index contributed by atoms with van der Waals surface area (Å²) < 4.78 is 0.715. The number of nitrogens with zero attached hydrogens (tertiary/aromatic N) is 1. The minimum Gasteiger partial charge on any atom is -0.378 e. The Labute approximate surface area is 138 Å². The van der Waals surface area contributed by atoms with Crippen LogP contribution in [0.5, 0.6) is 0 Å². The van der Waals surface area contributed by atoms with Crippen molar-refractivity contribution in [3.8, 4) is 0 Å². The number of nitrogens with one attached hydrogen (secondary N) is 1. The average molecular weight is 368 g/mol. The molecular formula is C16H16BrClN2O. The maximum atomic E-state index is 12.3. The highest BCUT2D eigenvalue weighted by atomic mass is 79.9. The van der Waals surface area contributed by atoms with Gasteiger partial charge < -0.3 is 10.2 Å². The van der Waals surface area contributed by atoms with Crippen LogP contribution in [0, 0.1) is 6.92 Å². The molecule has 0 spiro atoms. The summed E-state index contributed by atoms with van der Waals surface area (Å²) in [5.41, 5.74) is 3.40. The van der Waals surface area contributed by atoms with Crippen LogP contribution in [0.1, 0.15) is 15.9 Å². The molecule has 5 heteroatoms. The van der Waals surface area contributed by atoms with E-state index in [-0.39, 0.29) is 5.91 Å². The predicted octanol–water partition coefficient (Wildman–Crippen LogP) is 4.73. The molecule has 0 saturated carbocycles. The van der Waals surface area contributed by atoms with Crippen LogP contribution in [-0.2, 0) is 0 Å². The number of benzene rings is 2. The molecule has 0 radical (unpaired) electrons. The Balaban J connectivity index is 2.25. The van der Waals surface area contributed by atoms with Crippen molar-refractivity contribution in [3.63, 3.8) is 0 Å². The minimum atomic E-state index is -0.190. The van der Waals surface area contributed by atoms with Crippen LogP contribution in [0.3, 0.4) is 0 Å². The summed E-state index contributed by atoms with van der Waals surface area (Å²) in [6, 6.07) is 11.0. The molecule has 1 amide bonds. The van der Waals surface area contributed by atoms with Gasteiger partial charge in [0.25, 0.3) is 5.91 Å². The third kappa shape index (κ3) is 3.77. The molecule has 0 aromatic heterocycles. The van der Waals surface area contributed by atoms with Crippen LogP contribution < -0.4 is 10.2 Å². The molecule has 0 heterocycles. The first-order valence-electron chi connectivity index (χ1n) is 6.43. The monoisotopic (exact) mass is 366 g/mol. The second-order valence-electron chi connectivity index (χ2n) is 4.97. The fraction of sp³-hybridized carbons (Fsp3) is 0.188. The molecule has 0 aliphatic rings. The zero-order valence-electron chi connectivity index (χ0n) is 12.1. The summed E-state index contributed by atoms with van der Waals surface area (Å²) in [6.07, 6.45) is 0. The van der Waals surface area contributed by atoms with Gasteiger partial charge in [-0.15, -0.1) is 0 Å². The van der Waals surface area contributed by atoms with Crippen molar-refractivity contribution in [3.05, 3.63) is 57.0 Å². The number of hydrogen-bond acceptors (Lipinski definition) is 2. The fourth-order valence-electron chi connectivity index (χ4n) is 1.93. The van der Waals surface area contributed by atoms with Gasteiger partial charge in [0.05, 0.1) is 5.56 Å². The lowest BCUT2D eigenvalue weighted by Crippen LogP contribution is -2.14. The zero-order chi connectivity index (χ0) is 15.6. The molecule has 0 bridgehead atoms. The smallest absolute Gasteiger partial charge is 0.256 e. The summed E-state index contributed by atoms with van der Waals surface area (Å²) in [5.74, 6) is -0.190. The van der Waals surface area contributed by atoms with Crippen LogP contribution in [-0.4, -0.2) is 20.0 Å². The Morgan fingerprint density at radius 3 is 2.52 bits per heavy atom. The predicted molar refractivity (Wildman–Crippen MR) is 92.6 cm³/mol. The second kappa shape index (κ2) is 6.50. The van der Waals surface area contributed by atoms with Gasteiger partial charge in [-0.25, -0.2) is 0 Å². The van der Waals surface area contributed by atoms with E-state index >= 15 is 0 Å². The van der Waals surface area contributed by atoms with E-state index in [9.17, 15) is 4.79 Å². The Bertz CT molecular complexity index is 686. The molecule has 1 N–H and O–H groups in total. The molecule has 0 aliphatic heterocycles. The van der Waals surface area contributed by atoms with Crippen molar-refractivity contribution in [2.24, 2.45) is 0 Å². The van der Waals surface area contributed by atoms with Crippen molar-refractivity contribution >= 4 is 44.8 Å². The van der Waals surface area contributed by atoms with Crippen LogP contribution in [0.25, 0.3) is 0 Å². The van der Waals surface area contributed by atoms with Gasteiger partial charge in [-0.2, -0.15) is 0 Å². The van der Waals surface area contributed by atoms with Gasteiger partial charge in [0.1, 0.15) is 0 Å². The molecule has 3 nitrogen and oxygen atoms in total. The van der Waals surface area contributed by atoms with Gasteiger partial charge in [-0.3, -0.25) is 4.79 Å². The summed E-state index contributed by atoms with van der Waals surface area (Å²) in [6.45, 7) is 1.97. The quantitative estimate of drug-likeness (QED) is 0.850. The van der Waals surface area contributed by atoms with Crippen molar-refractivity contribution < 1.29 is 4.79 Å². The normalized spacial score (nSPS) is 10.3. The lowest BCUT2D eigenvalue weighted by Gasteiger charge is -2.16. The lowest BCUT2D eigenvalue weighted by molar-refractivity contribution is 0.102. The molecule has 0 fully saturated rings. The highest BCUT2D eigenvalue weighted by Gasteiger charge is 2.12. The maximum absolute atomic E-state index is 12.3. The molecular weight excluding hydrogens is 352 g/mol. The van der Waals surface area contributed by atoms with Crippen LogP contribution in [0.4, 0.5) is 11.4 Å². The number of anilines is 2. The number of carbonyl (C=O) groups excluding carboxylic acids is 1. The second-order valence-corrected chi connectivity index (χ2v) is 6.26. The maximum Gasteiger partial charge on any atom is 0.256 e. The Hall–Kier alpha value is -1.52. The molecule has 21 heavy (non-hydrogen) atoms. The van der Waals surface area contributed by atoms with Crippen molar-refractivity contribution in [1.82, 2.24) is 0 Å². The van der Waals surface area contributed by atoms with Crippen molar-refractivity contribution in [2.45, 2.75) is 6.92 Å². The fourth-order valence-corrected chi connectivity index (χ4v) is 2.53. The first kappa shape index (κ1) is 15.9. The van der Waals surface area contributed by atoms with E-state index in [2.05, 4.69) is 21.2 Å². The number of halogens is 2. The first-order chi connectivity index (χ1) is 9.88. The Morgan fingerprint density at radius 1 is 1.19 bits per heavy atom. The Morgan fingerprint density at radius 2 is 1.90 bits per heavy atom. The van der Waals surface area contributed by atoms with E-state index in [1.807, 2.05) is 44.1 Å². The molecule has 2 aromatic rings. The lowest BCUT2D eigenvalue weighted by atomic mass is 10.1. The third-order valence-corrected chi connectivity index (χ3v) is 4.07. The highest BCUT2D eigenvalue weighted by molar-refractivity contribution is 9.10. The van der Waals surface area contributed by atoms with E-state index in [0.29, 0.717) is 15.1 Å². The summed E-state index contributed by atoms with van der Waals surface area (Å²) in [7, 11) is 3.96. The first-order valence-corrected chi connectivity index (χ1v) is 7.60. The zero-order valence-corrected chi connectivity index (χ0v) is 14.4. The third-order valence-electron chi connectivity index (χ3n) is 3.15. The summed E-state index contributed by atoms with van der Waals surface area (Å²) >= 11 is 9.31. The van der Waals surface area contributed by atoms with E-state index in [4.69, 9.17) is 11.6 Å². The largest absolute Gasteiger partial charge is 0.378 e. The van der Waals surface area contributed by atoms with Gasteiger partial charge in [0.15, 0.2) is 0 Å². The minimum absolute atomic E-state index is 0.190. The molecule has 0 aliphatic carbocycles. The van der Waals surface area contributed by atoms with E-state index in [1.165, 1.54) is 0 Å². The van der Waals surface area contributed by atoms with Crippen molar-refractivity contribution in [2.75, 3.05) is 24.3 Å².